The van der Waals surface area contributed by atoms with Crippen LogP contribution in [0.25, 0.3) is 0 Å². The summed E-state index contributed by atoms with van der Waals surface area (Å²) in [4.78, 5) is 22.7. The van der Waals surface area contributed by atoms with Gasteiger partial charge in [-0.15, -0.1) is 0 Å². The van der Waals surface area contributed by atoms with Crippen molar-refractivity contribution in [3.05, 3.63) is 35.6 Å². The van der Waals surface area contributed by atoms with Crippen molar-refractivity contribution in [2.75, 3.05) is 0 Å². The van der Waals surface area contributed by atoms with Crippen LogP contribution in [0.15, 0.2) is 24.3 Å². The zero-order chi connectivity index (χ0) is 14.7. The molecule has 1 aromatic carbocycles. The summed E-state index contributed by atoms with van der Waals surface area (Å²) in [6.45, 7) is 1.77. The Kier molecular flexibility index (Phi) is 4.34. The van der Waals surface area contributed by atoms with E-state index in [0.717, 1.165) is 5.56 Å². The minimum atomic E-state index is -1.05. The normalized spacial score (nSPS) is 23.3. The summed E-state index contributed by atoms with van der Waals surface area (Å²) in [5.41, 5.74) is 0.771. The molecule has 0 aliphatic carbocycles. The van der Waals surface area contributed by atoms with Gasteiger partial charge in [-0.1, -0.05) is 12.1 Å². The predicted molar refractivity (Wildman–Crippen MR) is 68.5 cm³/mol. The fourth-order valence-electron chi connectivity index (χ4n) is 2.15. The van der Waals surface area contributed by atoms with Gasteiger partial charge in [0.1, 0.15) is 11.9 Å². The van der Waals surface area contributed by atoms with Crippen molar-refractivity contribution in [2.24, 2.45) is 0 Å². The quantitative estimate of drug-likeness (QED) is 0.879. The Hall–Kier alpha value is -1.95. The van der Waals surface area contributed by atoms with Crippen LogP contribution in [-0.4, -0.2) is 29.2 Å². The van der Waals surface area contributed by atoms with E-state index < -0.39 is 18.2 Å². The van der Waals surface area contributed by atoms with Crippen LogP contribution in [0.3, 0.4) is 0 Å². The maximum atomic E-state index is 12.8. The highest BCUT2D eigenvalue weighted by Gasteiger charge is 2.35. The molecule has 20 heavy (non-hydrogen) atoms. The van der Waals surface area contributed by atoms with Crippen LogP contribution in [0.4, 0.5) is 4.39 Å². The second kappa shape index (κ2) is 6.00. The largest absolute Gasteiger partial charge is 0.479 e. The molecular weight excluding hydrogens is 265 g/mol. The zero-order valence-corrected chi connectivity index (χ0v) is 11.0. The third kappa shape index (κ3) is 3.33. The molecule has 1 aliphatic rings. The summed E-state index contributed by atoms with van der Waals surface area (Å²) in [6.07, 6.45) is -0.928. The number of hydrogen-bond acceptors (Lipinski definition) is 3. The molecule has 1 amide bonds. The van der Waals surface area contributed by atoms with Crippen LogP contribution in [0.1, 0.15) is 31.4 Å². The lowest BCUT2D eigenvalue weighted by Gasteiger charge is -2.17. The molecule has 0 radical (unpaired) electrons. The van der Waals surface area contributed by atoms with Gasteiger partial charge in [-0.05, 0) is 37.5 Å². The lowest BCUT2D eigenvalue weighted by atomic mass is 10.1. The number of nitrogens with one attached hydrogen (secondary N) is 1. The molecule has 1 heterocycles. The summed E-state index contributed by atoms with van der Waals surface area (Å²) < 4.78 is 18.0. The molecule has 0 aromatic heterocycles. The molecule has 6 heteroatoms. The number of benzene rings is 1. The van der Waals surface area contributed by atoms with Gasteiger partial charge in [0, 0.05) is 0 Å². The van der Waals surface area contributed by atoms with Gasteiger partial charge in [-0.25, -0.2) is 9.18 Å². The minimum absolute atomic E-state index is 0.296. The van der Waals surface area contributed by atoms with Crippen LogP contribution in [0.2, 0.25) is 0 Å². The van der Waals surface area contributed by atoms with Crippen LogP contribution < -0.4 is 5.32 Å². The van der Waals surface area contributed by atoms with Crippen LogP contribution in [0, 0.1) is 5.82 Å². The molecule has 0 bridgehead atoms. The average molecular weight is 281 g/mol. The number of amides is 1. The number of carbonyl (C=O) groups is 2. The predicted octanol–water partition coefficient (Wildman–Crippen LogP) is 1.64. The third-order valence-electron chi connectivity index (χ3n) is 3.32. The van der Waals surface area contributed by atoms with Crippen molar-refractivity contribution >= 4 is 11.9 Å². The van der Waals surface area contributed by atoms with Gasteiger partial charge >= 0.3 is 5.97 Å². The van der Waals surface area contributed by atoms with E-state index >= 15 is 0 Å². The topological polar surface area (TPSA) is 75.6 Å². The van der Waals surface area contributed by atoms with Crippen molar-refractivity contribution in [1.29, 1.82) is 0 Å². The molecule has 3 atom stereocenters. The molecule has 108 valence electrons. The molecule has 1 aliphatic heterocycles. The van der Waals surface area contributed by atoms with E-state index in [1.54, 1.807) is 19.1 Å². The minimum Gasteiger partial charge on any atom is -0.479 e. The monoisotopic (exact) mass is 281 g/mol. The summed E-state index contributed by atoms with van der Waals surface area (Å²) >= 11 is 0. The summed E-state index contributed by atoms with van der Waals surface area (Å²) in [5, 5.41) is 11.5. The Labute approximate surface area is 115 Å². The molecule has 1 aromatic rings. The van der Waals surface area contributed by atoms with Crippen LogP contribution in [-0.2, 0) is 14.3 Å². The van der Waals surface area contributed by atoms with E-state index in [9.17, 15) is 14.0 Å². The van der Waals surface area contributed by atoms with Gasteiger partial charge in [-0.3, -0.25) is 4.79 Å². The number of carboxylic acid groups (broad SMARTS) is 1. The number of hydrogen-bond donors (Lipinski definition) is 2. The number of carbonyl (C=O) groups excluding carboxylic acids is 1. The Morgan fingerprint density at radius 1 is 1.30 bits per heavy atom. The van der Waals surface area contributed by atoms with Crippen LogP contribution in [0.5, 0.6) is 0 Å². The molecule has 2 N–H and O–H groups in total. The highest BCUT2D eigenvalue weighted by Crippen LogP contribution is 2.21. The fraction of sp³-hybridized carbons (Fsp3) is 0.429. The SMILES string of the molecule is C[C@H](NC(=O)[C@@H]1CC[C@H](C(=O)O)O1)c1ccc(F)cc1. The molecule has 0 saturated carbocycles. The van der Waals surface area contributed by atoms with Crippen molar-refractivity contribution in [1.82, 2.24) is 5.32 Å². The van der Waals surface area contributed by atoms with Crippen molar-refractivity contribution < 1.29 is 23.8 Å². The lowest BCUT2D eigenvalue weighted by molar-refractivity contribution is -0.151. The number of aliphatic carboxylic acids is 1. The molecule has 0 unspecified atom stereocenters. The van der Waals surface area contributed by atoms with Gasteiger partial charge in [0.05, 0.1) is 6.04 Å². The molecular formula is C14H16FNO4. The van der Waals surface area contributed by atoms with Gasteiger partial charge in [0.15, 0.2) is 6.10 Å². The molecule has 2 rings (SSSR count). The number of ether oxygens (including phenoxy) is 1. The Morgan fingerprint density at radius 3 is 2.45 bits per heavy atom. The van der Waals surface area contributed by atoms with Crippen molar-refractivity contribution in [3.63, 3.8) is 0 Å². The smallest absolute Gasteiger partial charge is 0.332 e. The van der Waals surface area contributed by atoms with Crippen molar-refractivity contribution in [2.45, 2.75) is 38.0 Å². The van der Waals surface area contributed by atoms with Gasteiger partial charge in [0.2, 0.25) is 5.91 Å². The third-order valence-corrected chi connectivity index (χ3v) is 3.32. The number of halogens is 1. The molecule has 0 spiro atoms. The summed E-state index contributed by atoms with van der Waals surface area (Å²) in [5.74, 6) is -1.73. The summed E-state index contributed by atoms with van der Waals surface area (Å²) in [7, 11) is 0. The Balaban J connectivity index is 1.91. The van der Waals surface area contributed by atoms with Gasteiger partial charge < -0.3 is 15.2 Å². The van der Waals surface area contributed by atoms with Gasteiger partial charge in [-0.2, -0.15) is 0 Å². The van der Waals surface area contributed by atoms with Gasteiger partial charge in [0.25, 0.3) is 0 Å². The van der Waals surface area contributed by atoms with E-state index in [-0.39, 0.29) is 17.8 Å². The van der Waals surface area contributed by atoms with E-state index in [2.05, 4.69) is 5.32 Å². The fourth-order valence-corrected chi connectivity index (χ4v) is 2.15. The second-order valence-corrected chi connectivity index (χ2v) is 4.81. The van der Waals surface area contributed by atoms with E-state index in [4.69, 9.17) is 9.84 Å². The zero-order valence-electron chi connectivity index (χ0n) is 11.0. The highest BCUT2D eigenvalue weighted by atomic mass is 19.1. The van der Waals surface area contributed by atoms with Crippen molar-refractivity contribution in [3.8, 4) is 0 Å². The highest BCUT2D eigenvalue weighted by molar-refractivity contribution is 5.82. The first kappa shape index (κ1) is 14.5. The first-order valence-electron chi connectivity index (χ1n) is 6.41. The molecule has 1 saturated heterocycles. The van der Waals surface area contributed by atoms with Crippen LogP contribution >= 0.6 is 0 Å². The Morgan fingerprint density at radius 2 is 1.90 bits per heavy atom. The standard InChI is InChI=1S/C14H16FNO4/c1-8(9-2-4-10(15)5-3-9)16-13(17)11-6-7-12(20-11)14(18)19/h2-5,8,11-12H,6-7H2,1H3,(H,16,17)(H,18,19)/t8-,11-,12+/m0/s1. The van der Waals surface area contributed by atoms with E-state index in [1.807, 2.05) is 0 Å². The van der Waals surface area contributed by atoms with E-state index in [0.29, 0.717) is 12.8 Å². The number of carboxylic acids is 1. The molecule has 5 nitrogen and oxygen atoms in total. The number of rotatable bonds is 4. The summed E-state index contributed by atoms with van der Waals surface area (Å²) in [6, 6.07) is 5.54. The maximum Gasteiger partial charge on any atom is 0.332 e. The maximum absolute atomic E-state index is 12.8. The lowest BCUT2D eigenvalue weighted by Crippen LogP contribution is -2.37. The first-order chi connectivity index (χ1) is 9.47. The average Bonchev–Trinajstić information content (AvgIpc) is 2.89. The second-order valence-electron chi connectivity index (χ2n) is 4.81. The molecule has 1 fully saturated rings. The Bertz CT molecular complexity index is 502. The first-order valence-corrected chi connectivity index (χ1v) is 6.41. The van der Waals surface area contributed by atoms with E-state index in [1.165, 1.54) is 12.1 Å².